The predicted octanol–water partition coefficient (Wildman–Crippen LogP) is 1.08. The van der Waals surface area contributed by atoms with Crippen molar-refractivity contribution in [3.8, 4) is 0 Å². The third-order valence-corrected chi connectivity index (χ3v) is 2.74. The summed E-state index contributed by atoms with van der Waals surface area (Å²) < 4.78 is 0. The molecule has 3 N–H and O–H groups in total. The average Bonchev–Trinajstić information content (AvgIpc) is 2.14. The van der Waals surface area contributed by atoms with E-state index in [1.165, 1.54) is 11.8 Å². The number of carboxylic acids is 1. The molecule has 0 aliphatic heterocycles. The molecule has 15 heavy (non-hydrogen) atoms. The molecule has 1 heterocycles. The molecule has 0 amide bonds. The van der Waals surface area contributed by atoms with E-state index in [0.29, 0.717) is 23.1 Å². The smallest absolute Gasteiger partial charge is 0.304 e. The summed E-state index contributed by atoms with van der Waals surface area (Å²) in [5, 5.41) is 8.44. The highest BCUT2D eigenvalue weighted by atomic mass is 32.2. The summed E-state index contributed by atoms with van der Waals surface area (Å²) in [6.45, 7) is 1.78. The molecular formula is C9H13N3O2S. The first-order chi connectivity index (χ1) is 7.09. The molecule has 6 heteroatoms. The number of aromatic nitrogens is 2. The molecule has 0 aliphatic carbocycles. The third kappa shape index (κ3) is 4.16. The normalized spacial score (nSPS) is 10.2. The number of anilines is 1. The van der Waals surface area contributed by atoms with Crippen molar-refractivity contribution in [3.05, 3.63) is 17.6 Å². The Morgan fingerprint density at radius 1 is 1.67 bits per heavy atom. The van der Waals surface area contributed by atoms with Crippen LogP contribution in [0.15, 0.2) is 6.20 Å². The molecule has 0 atom stereocenters. The van der Waals surface area contributed by atoms with E-state index in [9.17, 15) is 4.79 Å². The molecule has 1 rings (SSSR count). The van der Waals surface area contributed by atoms with Crippen LogP contribution in [-0.4, -0.2) is 26.8 Å². The number of nitrogens with zero attached hydrogens (tertiary/aromatic N) is 2. The number of aryl methyl sites for hydroxylation is 1. The van der Waals surface area contributed by atoms with Crippen LogP contribution < -0.4 is 5.73 Å². The fraction of sp³-hybridized carbons (Fsp3) is 0.444. The number of carboxylic acid groups (broad SMARTS) is 1. The summed E-state index contributed by atoms with van der Waals surface area (Å²) in [6, 6.07) is 0. The number of rotatable bonds is 5. The van der Waals surface area contributed by atoms with E-state index in [1.807, 2.05) is 0 Å². The zero-order valence-electron chi connectivity index (χ0n) is 8.43. The van der Waals surface area contributed by atoms with Crippen molar-refractivity contribution in [2.45, 2.75) is 19.1 Å². The Bertz CT molecular complexity index is 357. The van der Waals surface area contributed by atoms with Gasteiger partial charge in [-0.1, -0.05) is 0 Å². The third-order valence-electron chi connectivity index (χ3n) is 1.74. The van der Waals surface area contributed by atoms with Gasteiger partial charge in [-0.25, -0.2) is 9.97 Å². The number of hydrogen-bond donors (Lipinski definition) is 2. The second kappa shape index (κ2) is 5.55. The highest BCUT2D eigenvalue weighted by Gasteiger charge is 2.03. The number of thioether (sulfide) groups is 1. The van der Waals surface area contributed by atoms with Crippen molar-refractivity contribution in [1.29, 1.82) is 0 Å². The second-order valence-corrected chi connectivity index (χ2v) is 4.13. The van der Waals surface area contributed by atoms with Crippen molar-refractivity contribution in [2.24, 2.45) is 0 Å². The van der Waals surface area contributed by atoms with Crippen LogP contribution in [0.25, 0.3) is 0 Å². The largest absolute Gasteiger partial charge is 0.481 e. The van der Waals surface area contributed by atoms with Crippen molar-refractivity contribution in [2.75, 3.05) is 11.5 Å². The van der Waals surface area contributed by atoms with Crippen LogP contribution >= 0.6 is 11.8 Å². The SMILES string of the molecule is Cc1ncc(CSCCC(=O)O)c(N)n1. The van der Waals surface area contributed by atoms with E-state index in [-0.39, 0.29) is 6.42 Å². The van der Waals surface area contributed by atoms with Crippen molar-refractivity contribution in [1.82, 2.24) is 9.97 Å². The molecule has 0 unspecified atom stereocenters. The van der Waals surface area contributed by atoms with E-state index in [2.05, 4.69) is 9.97 Å². The van der Waals surface area contributed by atoms with Crippen LogP contribution in [0.3, 0.4) is 0 Å². The van der Waals surface area contributed by atoms with Gasteiger partial charge in [-0.3, -0.25) is 4.79 Å². The minimum absolute atomic E-state index is 0.164. The molecule has 0 fully saturated rings. The van der Waals surface area contributed by atoms with Crippen LogP contribution in [0, 0.1) is 6.92 Å². The van der Waals surface area contributed by atoms with Gasteiger partial charge in [-0.05, 0) is 6.92 Å². The zero-order chi connectivity index (χ0) is 11.3. The molecule has 0 aromatic carbocycles. The molecule has 5 nitrogen and oxygen atoms in total. The maximum Gasteiger partial charge on any atom is 0.304 e. The van der Waals surface area contributed by atoms with E-state index in [1.54, 1.807) is 13.1 Å². The number of nitrogens with two attached hydrogens (primary N) is 1. The first-order valence-corrected chi connectivity index (χ1v) is 5.62. The van der Waals surface area contributed by atoms with Crippen LogP contribution in [0.2, 0.25) is 0 Å². The first kappa shape index (κ1) is 11.8. The Balaban J connectivity index is 2.40. The fourth-order valence-electron chi connectivity index (χ4n) is 0.965. The lowest BCUT2D eigenvalue weighted by molar-refractivity contribution is -0.136. The molecule has 0 aliphatic rings. The fourth-order valence-corrected chi connectivity index (χ4v) is 1.87. The summed E-state index contributed by atoms with van der Waals surface area (Å²) in [5.41, 5.74) is 6.54. The second-order valence-electron chi connectivity index (χ2n) is 3.02. The van der Waals surface area contributed by atoms with Gasteiger partial charge in [0.25, 0.3) is 0 Å². The molecule has 82 valence electrons. The Kier molecular flexibility index (Phi) is 4.36. The van der Waals surface area contributed by atoms with Crippen molar-refractivity contribution < 1.29 is 9.90 Å². The summed E-state index contributed by atoms with van der Waals surface area (Å²) in [5.74, 6) is 1.56. The topological polar surface area (TPSA) is 89.1 Å². The highest BCUT2D eigenvalue weighted by Crippen LogP contribution is 2.16. The summed E-state index contributed by atoms with van der Waals surface area (Å²) >= 11 is 1.51. The maximum atomic E-state index is 10.3. The standard InChI is InChI=1S/C9H13N3O2S/c1-6-11-4-7(9(10)12-6)5-15-3-2-8(13)14/h4H,2-3,5H2,1H3,(H,13,14)(H2,10,11,12). The molecule has 0 spiro atoms. The molecule has 1 aromatic heterocycles. The zero-order valence-corrected chi connectivity index (χ0v) is 9.25. The molecular weight excluding hydrogens is 214 g/mol. The van der Waals surface area contributed by atoms with Crippen LogP contribution in [0.1, 0.15) is 17.8 Å². The molecule has 0 radical (unpaired) electrons. The quantitative estimate of drug-likeness (QED) is 0.731. The van der Waals surface area contributed by atoms with E-state index in [4.69, 9.17) is 10.8 Å². The Morgan fingerprint density at radius 3 is 3.00 bits per heavy atom. The van der Waals surface area contributed by atoms with E-state index < -0.39 is 5.97 Å². The first-order valence-electron chi connectivity index (χ1n) is 4.47. The van der Waals surface area contributed by atoms with Gasteiger partial charge in [-0.2, -0.15) is 11.8 Å². The minimum Gasteiger partial charge on any atom is -0.481 e. The lowest BCUT2D eigenvalue weighted by Crippen LogP contribution is -2.01. The van der Waals surface area contributed by atoms with Crippen molar-refractivity contribution >= 4 is 23.5 Å². The monoisotopic (exact) mass is 227 g/mol. The average molecular weight is 227 g/mol. The van der Waals surface area contributed by atoms with Crippen LogP contribution in [0.5, 0.6) is 0 Å². The number of nitrogen functional groups attached to an aromatic ring is 1. The van der Waals surface area contributed by atoms with Gasteiger partial charge in [-0.15, -0.1) is 0 Å². The van der Waals surface area contributed by atoms with Gasteiger partial charge in [0.15, 0.2) is 0 Å². The van der Waals surface area contributed by atoms with Gasteiger partial charge in [0.05, 0.1) is 6.42 Å². The van der Waals surface area contributed by atoms with Gasteiger partial charge < -0.3 is 10.8 Å². The van der Waals surface area contributed by atoms with Gasteiger partial charge >= 0.3 is 5.97 Å². The summed E-state index contributed by atoms with van der Waals surface area (Å²) in [7, 11) is 0. The van der Waals surface area contributed by atoms with Gasteiger partial charge in [0, 0.05) is 23.3 Å². The lowest BCUT2D eigenvalue weighted by Gasteiger charge is -2.03. The Morgan fingerprint density at radius 2 is 2.40 bits per heavy atom. The van der Waals surface area contributed by atoms with E-state index in [0.717, 1.165) is 5.56 Å². The highest BCUT2D eigenvalue weighted by molar-refractivity contribution is 7.98. The summed E-state index contributed by atoms with van der Waals surface area (Å²) in [4.78, 5) is 18.3. The lowest BCUT2D eigenvalue weighted by atomic mass is 10.3. The van der Waals surface area contributed by atoms with Crippen LogP contribution in [0.4, 0.5) is 5.82 Å². The van der Waals surface area contributed by atoms with Crippen molar-refractivity contribution in [3.63, 3.8) is 0 Å². The number of hydrogen-bond acceptors (Lipinski definition) is 5. The Hall–Kier alpha value is -1.30. The molecule has 0 saturated carbocycles. The van der Waals surface area contributed by atoms with Gasteiger partial charge in [0.1, 0.15) is 11.6 Å². The molecule has 1 aromatic rings. The van der Waals surface area contributed by atoms with E-state index >= 15 is 0 Å². The number of aliphatic carboxylic acids is 1. The minimum atomic E-state index is -0.782. The Labute approximate surface area is 92.1 Å². The number of carbonyl (C=O) groups is 1. The molecule has 0 saturated heterocycles. The summed E-state index contributed by atoms with van der Waals surface area (Å²) in [6.07, 6.45) is 1.85. The molecule has 0 bridgehead atoms. The van der Waals surface area contributed by atoms with Gasteiger partial charge in [0.2, 0.25) is 0 Å². The predicted molar refractivity (Wildman–Crippen MR) is 59.6 cm³/mol. The maximum absolute atomic E-state index is 10.3. The van der Waals surface area contributed by atoms with Crippen LogP contribution in [-0.2, 0) is 10.5 Å².